The fourth-order valence-electron chi connectivity index (χ4n) is 2.11. The molecule has 0 bridgehead atoms. The summed E-state index contributed by atoms with van der Waals surface area (Å²) in [7, 11) is 0. The normalized spacial score (nSPS) is 11.8. The van der Waals surface area contributed by atoms with Crippen molar-refractivity contribution in [3.8, 4) is 0 Å². The molecule has 0 radical (unpaired) electrons. The van der Waals surface area contributed by atoms with Crippen LogP contribution in [0.3, 0.4) is 0 Å². The van der Waals surface area contributed by atoms with Gasteiger partial charge in [-0.05, 0) is 41.1 Å². The van der Waals surface area contributed by atoms with Crippen LogP contribution in [0.25, 0.3) is 0 Å². The minimum atomic E-state index is -0.755. The number of aryl methyl sites for hydroxylation is 2. The molecule has 5 heteroatoms. The lowest BCUT2D eigenvalue weighted by Gasteiger charge is -2.22. The summed E-state index contributed by atoms with van der Waals surface area (Å²) in [5.41, 5.74) is 1.87. The summed E-state index contributed by atoms with van der Waals surface area (Å²) in [6.07, 6.45) is 1.75. The lowest BCUT2D eigenvalue weighted by Crippen LogP contribution is -2.21. The van der Waals surface area contributed by atoms with Crippen molar-refractivity contribution in [2.24, 2.45) is 5.41 Å². The van der Waals surface area contributed by atoms with E-state index in [1.165, 1.54) is 0 Å². The standard InChI is InChI=1S/C13H21BrN2O2/c1-5-9-12(14)10(16(6-2)15-9)7-13(3,4)8-11(17)18/h5-8H2,1-4H3,(H,17,18). The topological polar surface area (TPSA) is 55.1 Å². The lowest BCUT2D eigenvalue weighted by atomic mass is 9.84. The third-order valence-corrected chi connectivity index (χ3v) is 3.89. The largest absolute Gasteiger partial charge is 0.481 e. The number of halogens is 1. The summed E-state index contributed by atoms with van der Waals surface area (Å²) < 4.78 is 3.00. The molecule has 1 aromatic rings. The Labute approximate surface area is 117 Å². The van der Waals surface area contributed by atoms with Crippen molar-refractivity contribution in [1.29, 1.82) is 0 Å². The van der Waals surface area contributed by atoms with Crippen LogP contribution in [0.15, 0.2) is 4.47 Å². The van der Waals surface area contributed by atoms with Gasteiger partial charge in [-0.15, -0.1) is 0 Å². The van der Waals surface area contributed by atoms with Crippen LogP contribution in [0, 0.1) is 5.41 Å². The van der Waals surface area contributed by atoms with E-state index in [9.17, 15) is 4.79 Å². The molecule has 0 fully saturated rings. The van der Waals surface area contributed by atoms with E-state index >= 15 is 0 Å². The minimum Gasteiger partial charge on any atom is -0.481 e. The van der Waals surface area contributed by atoms with Gasteiger partial charge in [-0.25, -0.2) is 0 Å². The summed E-state index contributed by atoms with van der Waals surface area (Å²) in [4.78, 5) is 10.9. The zero-order chi connectivity index (χ0) is 13.9. The highest BCUT2D eigenvalue weighted by atomic mass is 79.9. The van der Waals surface area contributed by atoms with Crippen molar-refractivity contribution in [3.05, 3.63) is 15.9 Å². The second-order valence-corrected chi connectivity index (χ2v) is 6.08. The maximum absolute atomic E-state index is 10.9. The van der Waals surface area contributed by atoms with Gasteiger partial charge < -0.3 is 5.11 Å². The van der Waals surface area contributed by atoms with Crippen LogP contribution in [-0.4, -0.2) is 20.9 Å². The molecule has 0 saturated carbocycles. The van der Waals surface area contributed by atoms with Crippen LogP contribution >= 0.6 is 15.9 Å². The molecule has 18 heavy (non-hydrogen) atoms. The van der Waals surface area contributed by atoms with Gasteiger partial charge in [0.15, 0.2) is 0 Å². The molecular formula is C13H21BrN2O2. The number of carboxylic acids is 1. The molecule has 1 aromatic heterocycles. The summed E-state index contributed by atoms with van der Waals surface area (Å²) in [5.74, 6) is -0.755. The molecular weight excluding hydrogens is 296 g/mol. The molecule has 0 aliphatic rings. The van der Waals surface area contributed by atoms with E-state index in [0.717, 1.165) is 28.8 Å². The van der Waals surface area contributed by atoms with Gasteiger partial charge in [-0.1, -0.05) is 20.8 Å². The second kappa shape index (κ2) is 5.87. The van der Waals surface area contributed by atoms with E-state index in [1.54, 1.807) is 0 Å². The van der Waals surface area contributed by atoms with Crippen molar-refractivity contribution in [1.82, 2.24) is 9.78 Å². The smallest absolute Gasteiger partial charge is 0.303 e. The average Bonchev–Trinajstić information content (AvgIpc) is 2.53. The molecule has 1 heterocycles. The Morgan fingerprint density at radius 2 is 2.06 bits per heavy atom. The minimum absolute atomic E-state index is 0.162. The zero-order valence-electron chi connectivity index (χ0n) is 11.5. The maximum atomic E-state index is 10.9. The molecule has 4 nitrogen and oxygen atoms in total. The number of aliphatic carboxylic acids is 1. The van der Waals surface area contributed by atoms with Crippen LogP contribution < -0.4 is 0 Å². The van der Waals surface area contributed by atoms with Crippen molar-refractivity contribution in [2.45, 2.75) is 53.5 Å². The fourth-order valence-corrected chi connectivity index (χ4v) is 2.82. The van der Waals surface area contributed by atoms with Gasteiger partial charge in [-0.2, -0.15) is 5.10 Å². The fraction of sp³-hybridized carbons (Fsp3) is 0.692. The summed E-state index contributed by atoms with van der Waals surface area (Å²) in [5, 5.41) is 13.5. The molecule has 0 aliphatic carbocycles. The van der Waals surface area contributed by atoms with Crippen LogP contribution in [0.5, 0.6) is 0 Å². The van der Waals surface area contributed by atoms with Gasteiger partial charge >= 0.3 is 5.97 Å². The Kier molecular flexibility index (Phi) is 4.96. The predicted molar refractivity (Wildman–Crippen MR) is 74.7 cm³/mol. The third kappa shape index (κ3) is 3.57. The molecule has 0 unspecified atom stereocenters. The van der Waals surface area contributed by atoms with Gasteiger partial charge in [0.25, 0.3) is 0 Å². The van der Waals surface area contributed by atoms with E-state index in [-0.39, 0.29) is 11.8 Å². The molecule has 0 aliphatic heterocycles. The Morgan fingerprint density at radius 1 is 1.44 bits per heavy atom. The number of rotatable bonds is 6. The highest BCUT2D eigenvalue weighted by Crippen LogP contribution is 2.31. The van der Waals surface area contributed by atoms with Crippen LogP contribution in [0.1, 0.15) is 45.5 Å². The number of carbonyl (C=O) groups is 1. The van der Waals surface area contributed by atoms with Gasteiger partial charge in [0.05, 0.1) is 22.3 Å². The summed E-state index contributed by atoms with van der Waals surface area (Å²) in [6.45, 7) is 8.88. The maximum Gasteiger partial charge on any atom is 0.303 e. The SMILES string of the molecule is CCc1nn(CC)c(CC(C)(C)CC(=O)O)c1Br. The van der Waals surface area contributed by atoms with Gasteiger partial charge in [-0.3, -0.25) is 9.48 Å². The monoisotopic (exact) mass is 316 g/mol. The van der Waals surface area contributed by atoms with E-state index in [0.29, 0.717) is 6.42 Å². The van der Waals surface area contributed by atoms with Crippen molar-refractivity contribution in [3.63, 3.8) is 0 Å². The molecule has 1 N–H and O–H groups in total. The first-order chi connectivity index (χ1) is 8.30. The van der Waals surface area contributed by atoms with Crippen molar-refractivity contribution >= 4 is 21.9 Å². The molecule has 102 valence electrons. The molecule has 0 aromatic carbocycles. The third-order valence-electron chi connectivity index (χ3n) is 2.97. The quantitative estimate of drug-likeness (QED) is 0.876. The summed E-state index contributed by atoms with van der Waals surface area (Å²) >= 11 is 3.59. The van der Waals surface area contributed by atoms with Crippen LogP contribution in [-0.2, 0) is 24.2 Å². The first kappa shape index (κ1) is 15.2. The lowest BCUT2D eigenvalue weighted by molar-refractivity contribution is -0.139. The number of hydrogen-bond acceptors (Lipinski definition) is 2. The Hall–Kier alpha value is -0.840. The number of nitrogens with zero attached hydrogens (tertiary/aromatic N) is 2. The van der Waals surface area contributed by atoms with E-state index in [4.69, 9.17) is 5.11 Å². The Morgan fingerprint density at radius 3 is 2.50 bits per heavy atom. The first-order valence-corrected chi connectivity index (χ1v) is 7.06. The van der Waals surface area contributed by atoms with E-state index in [2.05, 4.69) is 28.0 Å². The number of hydrogen-bond donors (Lipinski definition) is 1. The Bertz CT molecular complexity index is 438. The highest BCUT2D eigenvalue weighted by Gasteiger charge is 2.26. The van der Waals surface area contributed by atoms with Crippen LogP contribution in [0.4, 0.5) is 0 Å². The number of carboxylic acid groups (broad SMARTS) is 1. The summed E-state index contributed by atoms with van der Waals surface area (Å²) in [6, 6.07) is 0. The molecule has 0 atom stereocenters. The Balaban J connectivity index is 3.02. The second-order valence-electron chi connectivity index (χ2n) is 5.29. The van der Waals surface area contributed by atoms with E-state index < -0.39 is 5.97 Å². The molecule has 1 rings (SSSR count). The van der Waals surface area contributed by atoms with Crippen LogP contribution in [0.2, 0.25) is 0 Å². The van der Waals surface area contributed by atoms with Gasteiger partial charge in [0, 0.05) is 6.54 Å². The molecule has 0 amide bonds. The molecule has 0 spiro atoms. The zero-order valence-corrected chi connectivity index (χ0v) is 13.0. The predicted octanol–water partition coefficient (Wildman–Crippen LogP) is 3.27. The number of aromatic nitrogens is 2. The van der Waals surface area contributed by atoms with E-state index in [1.807, 2.05) is 25.5 Å². The van der Waals surface area contributed by atoms with Gasteiger partial charge in [0.1, 0.15) is 0 Å². The van der Waals surface area contributed by atoms with Crippen molar-refractivity contribution < 1.29 is 9.90 Å². The highest BCUT2D eigenvalue weighted by molar-refractivity contribution is 9.10. The molecule has 0 saturated heterocycles. The van der Waals surface area contributed by atoms with Crippen molar-refractivity contribution in [2.75, 3.05) is 0 Å². The van der Waals surface area contributed by atoms with Gasteiger partial charge in [0.2, 0.25) is 0 Å². The average molecular weight is 317 g/mol. The first-order valence-electron chi connectivity index (χ1n) is 6.26.